The first-order chi connectivity index (χ1) is 17.5. The Hall–Kier alpha value is -1.97. The molecule has 0 saturated carbocycles. The van der Waals surface area contributed by atoms with E-state index in [9.17, 15) is 0 Å². The number of rotatable bonds is 12. The molecule has 2 aromatic rings. The molecule has 0 spiro atoms. The molecule has 0 amide bonds. The number of nitrogens with two attached hydrogens (primary N) is 1. The van der Waals surface area contributed by atoms with Gasteiger partial charge in [-0.2, -0.15) is 0 Å². The first-order valence-corrected chi connectivity index (χ1v) is 14.0. The number of tetrazole rings is 1. The highest BCUT2D eigenvalue weighted by atomic mass is 16.7. The quantitative estimate of drug-likeness (QED) is 0.271. The van der Waals surface area contributed by atoms with E-state index in [2.05, 4.69) is 90.0 Å². The minimum absolute atomic E-state index is 0.121. The number of hydrogen-bond acceptors (Lipinski definition) is 7. The zero-order valence-corrected chi connectivity index (χ0v) is 25.4. The summed E-state index contributed by atoms with van der Waals surface area (Å²) in [6.45, 7) is 19.5. The third-order valence-corrected chi connectivity index (χ3v) is 8.08. The Morgan fingerprint density at radius 1 is 0.947 bits per heavy atom. The van der Waals surface area contributed by atoms with Gasteiger partial charge in [-0.3, -0.25) is 0 Å². The maximum absolute atomic E-state index is 7.26. The van der Waals surface area contributed by atoms with Gasteiger partial charge in [-0.05, 0) is 107 Å². The minimum atomic E-state index is -0.672. The Kier molecular flexibility index (Phi) is 9.06. The van der Waals surface area contributed by atoms with E-state index in [0.29, 0.717) is 0 Å². The summed E-state index contributed by atoms with van der Waals surface area (Å²) >= 11 is 0. The summed E-state index contributed by atoms with van der Waals surface area (Å²) in [5, 5.41) is 13.1. The molecule has 8 nitrogen and oxygen atoms in total. The van der Waals surface area contributed by atoms with Crippen LogP contribution in [0.15, 0.2) is 24.3 Å². The van der Waals surface area contributed by atoms with Crippen molar-refractivity contribution in [1.82, 2.24) is 20.2 Å². The highest BCUT2D eigenvalue weighted by Gasteiger charge is 2.50. The molecule has 2 N–H and O–H groups in total. The maximum atomic E-state index is 7.26. The van der Waals surface area contributed by atoms with Crippen LogP contribution in [0.1, 0.15) is 106 Å². The predicted octanol–water partition coefficient (Wildman–Crippen LogP) is 5.90. The number of hydrogen-bond donors (Lipinski definition) is 1. The number of benzene rings is 1. The van der Waals surface area contributed by atoms with Gasteiger partial charge in [-0.15, -0.1) is 5.10 Å². The van der Waals surface area contributed by atoms with E-state index in [0.717, 1.165) is 56.4 Å². The van der Waals surface area contributed by atoms with Gasteiger partial charge in [-0.25, -0.2) is 4.68 Å². The molecular formula is C29H50BN5O3. The summed E-state index contributed by atoms with van der Waals surface area (Å²) in [5.74, 6) is 1.61. The topological polar surface area (TPSA) is 97.3 Å². The van der Waals surface area contributed by atoms with Crippen LogP contribution in [0, 0.1) is 5.41 Å². The zero-order chi connectivity index (χ0) is 28.4. The molecule has 1 aromatic carbocycles. The summed E-state index contributed by atoms with van der Waals surface area (Å²) in [6.07, 6.45) is 5.97. The van der Waals surface area contributed by atoms with E-state index in [1.165, 1.54) is 5.56 Å². The summed E-state index contributed by atoms with van der Waals surface area (Å²) < 4.78 is 19.7. The van der Waals surface area contributed by atoms with Gasteiger partial charge in [0.2, 0.25) is 0 Å². The molecule has 1 unspecified atom stereocenters. The van der Waals surface area contributed by atoms with Crippen molar-refractivity contribution < 1.29 is 14.0 Å². The van der Waals surface area contributed by atoms with Gasteiger partial charge in [0.1, 0.15) is 5.75 Å². The van der Waals surface area contributed by atoms with Gasteiger partial charge >= 0.3 is 7.12 Å². The Morgan fingerprint density at radius 3 is 2.11 bits per heavy atom. The van der Waals surface area contributed by atoms with Crippen LogP contribution >= 0.6 is 0 Å². The Labute approximate surface area is 230 Å². The van der Waals surface area contributed by atoms with Crippen molar-refractivity contribution in [2.45, 2.75) is 129 Å². The second-order valence-corrected chi connectivity index (χ2v) is 13.9. The lowest BCUT2D eigenvalue weighted by molar-refractivity contribution is 0.00578. The zero-order valence-electron chi connectivity index (χ0n) is 25.4. The molecule has 2 heterocycles. The average Bonchev–Trinajstić information content (AvgIpc) is 3.37. The van der Waals surface area contributed by atoms with Crippen molar-refractivity contribution in [2.75, 3.05) is 7.11 Å². The fourth-order valence-electron chi connectivity index (χ4n) is 5.62. The molecule has 1 fully saturated rings. The largest absolute Gasteiger partial charge is 0.497 e. The summed E-state index contributed by atoms with van der Waals surface area (Å²) in [5.41, 5.74) is 7.03. The second kappa shape index (κ2) is 11.3. The van der Waals surface area contributed by atoms with E-state index in [1.54, 1.807) is 7.11 Å². The number of nitrogens with zero attached hydrogens (tertiary/aromatic N) is 4. The monoisotopic (exact) mass is 527 g/mol. The molecule has 212 valence electrons. The van der Waals surface area contributed by atoms with Gasteiger partial charge in [-0.1, -0.05) is 45.7 Å². The molecule has 1 aliphatic rings. The predicted molar refractivity (Wildman–Crippen MR) is 153 cm³/mol. The van der Waals surface area contributed by atoms with Crippen LogP contribution in [0.4, 0.5) is 0 Å². The molecule has 38 heavy (non-hydrogen) atoms. The van der Waals surface area contributed by atoms with Crippen molar-refractivity contribution in [2.24, 2.45) is 11.1 Å². The number of unbranched alkanes of at least 4 members (excludes halogenated alkanes) is 1. The summed E-state index contributed by atoms with van der Waals surface area (Å²) in [7, 11) is 1.49. The smallest absolute Gasteiger partial charge is 0.457 e. The molecular weight excluding hydrogens is 477 g/mol. The third-order valence-electron chi connectivity index (χ3n) is 8.08. The third kappa shape index (κ3) is 7.36. The van der Waals surface area contributed by atoms with Crippen molar-refractivity contribution in [3.8, 4) is 5.75 Å². The van der Waals surface area contributed by atoms with Crippen LogP contribution in [0.3, 0.4) is 0 Å². The lowest BCUT2D eigenvalue weighted by atomic mass is 9.79. The summed E-state index contributed by atoms with van der Waals surface area (Å²) in [4.78, 5) is 0. The molecule has 0 bridgehead atoms. The lowest BCUT2D eigenvalue weighted by Crippen LogP contribution is -2.44. The highest BCUT2D eigenvalue weighted by Crippen LogP contribution is 2.39. The normalized spacial score (nSPS) is 19.0. The first kappa shape index (κ1) is 30.6. The lowest BCUT2D eigenvalue weighted by Gasteiger charge is -2.36. The number of methoxy groups -OCH3 is 1. The van der Waals surface area contributed by atoms with Crippen molar-refractivity contribution in [3.05, 3.63) is 35.7 Å². The van der Waals surface area contributed by atoms with E-state index < -0.39 is 5.54 Å². The molecule has 3 rings (SSSR count). The molecule has 1 saturated heterocycles. The Balaban J connectivity index is 1.77. The molecule has 1 atom stereocenters. The highest BCUT2D eigenvalue weighted by molar-refractivity contribution is 6.45. The van der Waals surface area contributed by atoms with Crippen LogP contribution < -0.4 is 10.5 Å². The fourth-order valence-corrected chi connectivity index (χ4v) is 5.62. The standard InChI is InChI=1S/C29H50BN5O3/c1-25(2,3)21-26(4,5)35-24(32-33-34-35)29(31,19-17-22-13-15-23(36-10)16-14-22)18-11-12-20-30-37-27(6,7)28(8,9)38-30/h13-16H,11-12,17-21,31H2,1-10H3. The van der Waals surface area contributed by atoms with E-state index in [4.69, 9.17) is 19.8 Å². The number of aryl methyl sites for hydroxylation is 1. The van der Waals surface area contributed by atoms with Crippen molar-refractivity contribution in [1.29, 1.82) is 0 Å². The van der Waals surface area contributed by atoms with Gasteiger partial charge < -0.3 is 19.8 Å². The second-order valence-electron chi connectivity index (χ2n) is 13.9. The van der Waals surface area contributed by atoms with Crippen molar-refractivity contribution in [3.63, 3.8) is 0 Å². The average molecular weight is 528 g/mol. The minimum Gasteiger partial charge on any atom is -0.497 e. The van der Waals surface area contributed by atoms with Gasteiger partial charge in [0.15, 0.2) is 5.82 Å². The van der Waals surface area contributed by atoms with Crippen LogP contribution in [0.5, 0.6) is 5.75 Å². The molecule has 9 heteroatoms. The van der Waals surface area contributed by atoms with Crippen LogP contribution in [-0.2, 0) is 26.8 Å². The molecule has 1 aromatic heterocycles. The van der Waals surface area contributed by atoms with Crippen LogP contribution in [0.2, 0.25) is 6.32 Å². The van der Waals surface area contributed by atoms with Crippen molar-refractivity contribution >= 4 is 7.12 Å². The van der Waals surface area contributed by atoms with Gasteiger partial charge in [0, 0.05) is 0 Å². The van der Waals surface area contributed by atoms with Crippen LogP contribution in [-0.4, -0.2) is 45.6 Å². The molecule has 0 aliphatic carbocycles. The number of ether oxygens (including phenoxy) is 1. The van der Waals surface area contributed by atoms with E-state index >= 15 is 0 Å². The van der Waals surface area contributed by atoms with Gasteiger partial charge in [0.05, 0.1) is 29.4 Å². The SMILES string of the molecule is COc1ccc(CCC(N)(CCCCB2OC(C)(C)C(C)(C)O2)c2nnnn2C(C)(C)CC(C)(C)C)cc1. The van der Waals surface area contributed by atoms with Gasteiger partial charge in [0.25, 0.3) is 0 Å². The Morgan fingerprint density at radius 2 is 1.55 bits per heavy atom. The van der Waals surface area contributed by atoms with E-state index in [1.807, 2.05) is 16.8 Å². The first-order valence-electron chi connectivity index (χ1n) is 14.0. The number of aromatic nitrogens is 4. The Bertz CT molecular complexity index is 1030. The molecule has 0 radical (unpaired) electrons. The fraction of sp³-hybridized carbons (Fsp3) is 0.759. The van der Waals surface area contributed by atoms with Crippen LogP contribution in [0.25, 0.3) is 0 Å². The molecule has 1 aliphatic heterocycles. The summed E-state index contributed by atoms with van der Waals surface area (Å²) in [6, 6.07) is 8.19. The van der Waals surface area contributed by atoms with E-state index in [-0.39, 0.29) is 29.3 Å². The maximum Gasteiger partial charge on any atom is 0.457 e.